The van der Waals surface area contributed by atoms with E-state index in [2.05, 4.69) is 34.7 Å². The molecule has 0 bridgehead atoms. The van der Waals surface area contributed by atoms with Crippen molar-refractivity contribution in [1.29, 1.82) is 0 Å². The molecule has 1 atom stereocenters. The van der Waals surface area contributed by atoms with E-state index in [4.69, 9.17) is 0 Å². The summed E-state index contributed by atoms with van der Waals surface area (Å²) in [5.41, 5.74) is 0. The van der Waals surface area contributed by atoms with Crippen LogP contribution in [0.5, 0.6) is 0 Å². The lowest BCUT2D eigenvalue weighted by atomic mass is 10.2. The van der Waals surface area contributed by atoms with Crippen LogP contribution in [0.15, 0.2) is 22.5 Å². The van der Waals surface area contributed by atoms with Gasteiger partial charge in [0.2, 0.25) is 0 Å². The molecule has 0 aliphatic carbocycles. The molecule has 1 aliphatic heterocycles. The molecule has 4 heteroatoms. The molecule has 1 aromatic heterocycles. The van der Waals surface area contributed by atoms with Crippen LogP contribution in [-0.2, 0) is 6.42 Å². The smallest absolute Gasteiger partial charge is 0.156 e. The molecule has 1 aromatic rings. The highest BCUT2D eigenvalue weighted by Gasteiger charge is 2.14. The molecular formula is C12H18N2S2. The highest BCUT2D eigenvalue weighted by atomic mass is 32.2. The highest BCUT2D eigenvalue weighted by molar-refractivity contribution is 8.13. The van der Waals surface area contributed by atoms with Crippen LogP contribution in [0, 0.1) is 0 Å². The molecule has 1 unspecified atom stereocenters. The molecule has 1 fully saturated rings. The number of aliphatic imine (C=N–C) groups is 1. The van der Waals surface area contributed by atoms with Crippen LogP contribution < -0.4 is 5.32 Å². The fraction of sp³-hybridized carbons (Fsp3) is 0.583. The van der Waals surface area contributed by atoms with Gasteiger partial charge in [-0.05, 0) is 24.3 Å². The normalized spacial score (nSPS) is 23.3. The Hall–Kier alpha value is -0.480. The van der Waals surface area contributed by atoms with E-state index < -0.39 is 0 Å². The minimum absolute atomic E-state index is 0.640. The van der Waals surface area contributed by atoms with Crippen LogP contribution in [-0.4, -0.2) is 23.5 Å². The van der Waals surface area contributed by atoms with E-state index in [1.807, 2.05) is 23.1 Å². The minimum atomic E-state index is 0.640. The fourth-order valence-corrected chi connectivity index (χ4v) is 3.43. The maximum Gasteiger partial charge on any atom is 0.156 e. The Morgan fingerprint density at radius 2 is 2.50 bits per heavy atom. The van der Waals surface area contributed by atoms with Crippen LogP contribution in [0.2, 0.25) is 0 Å². The monoisotopic (exact) mass is 254 g/mol. The fourth-order valence-electron chi connectivity index (χ4n) is 1.71. The van der Waals surface area contributed by atoms with Gasteiger partial charge in [0, 0.05) is 29.6 Å². The Kier molecular flexibility index (Phi) is 4.72. The lowest BCUT2D eigenvalue weighted by molar-refractivity contribution is 0.571. The summed E-state index contributed by atoms with van der Waals surface area (Å²) in [7, 11) is 0. The van der Waals surface area contributed by atoms with Gasteiger partial charge in [-0.2, -0.15) is 0 Å². The van der Waals surface area contributed by atoms with Gasteiger partial charge < -0.3 is 5.32 Å². The Balaban J connectivity index is 1.78. The number of hydrogen-bond acceptors (Lipinski definition) is 3. The molecule has 0 saturated carbocycles. The molecule has 0 amide bonds. The molecule has 1 N–H and O–H groups in total. The summed E-state index contributed by atoms with van der Waals surface area (Å²) in [5, 5.41) is 6.78. The number of nitrogens with zero attached hydrogens (tertiary/aromatic N) is 1. The number of nitrogens with one attached hydrogen (secondary N) is 1. The summed E-state index contributed by atoms with van der Waals surface area (Å²) < 4.78 is 0. The van der Waals surface area contributed by atoms with Gasteiger partial charge in [-0.15, -0.1) is 11.3 Å². The van der Waals surface area contributed by atoms with Crippen molar-refractivity contribution in [2.24, 2.45) is 4.99 Å². The van der Waals surface area contributed by atoms with Gasteiger partial charge in [0.05, 0.1) is 0 Å². The van der Waals surface area contributed by atoms with Crippen LogP contribution in [0.4, 0.5) is 0 Å². The lowest BCUT2D eigenvalue weighted by Crippen LogP contribution is -2.37. The van der Waals surface area contributed by atoms with Crippen LogP contribution in [0.3, 0.4) is 0 Å². The van der Waals surface area contributed by atoms with E-state index in [-0.39, 0.29) is 0 Å². The number of thiophene rings is 1. The third kappa shape index (κ3) is 3.52. The largest absolute Gasteiger partial charge is 0.362 e. The first-order valence-electron chi connectivity index (χ1n) is 5.84. The van der Waals surface area contributed by atoms with Crippen molar-refractivity contribution in [2.75, 3.05) is 12.3 Å². The summed E-state index contributed by atoms with van der Waals surface area (Å²) in [6.45, 7) is 3.14. The average molecular weight is 254 g/mol. The van der Waals surface area contributed by atoms with Gasteiger partial charge in [-0.3, -0.25) is 4.99 Å². The SMILES string of the molecule is CCC1CCSC(=NCCc2cccs2)N1. The third-order valence-corrected chi connectivity index (χ3v) is 4.62. The number of amidine groups is 1. The van der Waals surface area contributed by atoms with Crippen molar-refractivity contribution in [2.45, 2.75) is 32.2 Å². The van der Waals surface area contributed by atoms with Crippen LogP contribution in [0.1, 0.15) is 24.6 Å². The van der Waals surface area contributed by atoms with Crippen LogP contribution in [0.25, 0.3) is 0 Å². The molecule has 88 valence electrons. The van der Waals surface area contributed by atoms with Crippen molar-refractivity contribution in [3.05, 3.63) is 22.4 Å². The number of thioether (sulfide) groups is 1. The average Bonchev–Trinajstić information content (AvgIpc) is 2.82. The number of rotatable bonds is 4. The maximum absolute atomic E-state index is 4.63. The van der Waals surface area contributed by atoms with E-state index in [1.165, 1.54) is 23.5 Å². The first-order valence-corrected chi connectivity index (χ1v) is 7.71. The van der Waals surface area contributed by atoms with E-state index in [0.29, 0.717) is 6.04 Å². The zero-order valence-corrected chi connectivity index (χ0v) is 11.2. The van der Waals surface area contributed by atoms with Crippen molar-refractivity contribution < 1.29 is 0 Å². The van der Waals surface area contributed by atoms with Crippen molar-refractivity contribution >= 4 is 28.3 Å². The molecule has 0 radical (unpaired) electrons. The van der Waals surface area contributed by atoms with Crippen molar-refractivity contribution in [3.63, 3.8) is 0 Å². The summed E-state index contributed by atoms with van der Waals surface area (Å²) >= 11 is 3.68. The van der Waals surface area contributed by atoms with Gasteiger partial charge >= 0.3 is 0 Å². The minimum Gasteiger partial charge on any atom is -0.362 e. The Morgan fingerprint density at radius 1 is 1.56 bits per heavy atom. The second-order valence-corrected chi connectivity index (χ2v) is 6.02. The zero-order chi connectivity index (χ0) is 11.2. The van der Waals surface area contributed by atoms with E-state index in [9.17, 15) is 0 Å². The van der Waals surface area contributed by atoms with Gasteiger partial charge in [-0.1, -0.05) is 24.8 Å². The predicted octanol–water partition coefficient (Wildman–Crippen LogP) is 3.15. The molecule has 1 saturated heterocycles. The molecule has 2 heterocycles. The second kappa shape index (κ2) is 6.30. The van der Waals surface area contributed by atoms with Crippen molar-refractivity contribution in [1.82, 2.24) is 5.32 Å². The first kappa shape index (κ1) is 12.0. The van der Waals surface area contributed by atoms with E-state index >= 15 is 0 Å². The van der Waals surface area contributed by atoms with Crippen molar-refractivity contribution in [3.8, 4) is 0 Å². The Bertz CT molecular complexity index is 333. The first-order chi connectivity index (χ1) is 7.88. The maximum atomic E-state index is 4.63. The van der Waals surface area contributed by atoms with E-state index in [0.717, 1.165) is 18.1 Å². The molecule has 16 heavy (non-hydrogen) atoms. The summed E-state index contributed by atoms with van der Waals surface area (Å²) in [6.07, 6.45) is 3.54. The van der Waals surface area contributed by atoms with Gasteiger partial charge in [0.25, 0.3) is 0 Å². The summed E-state index contributed by atoms with van der Waals surface area (Å²) in [4.78, 5) is 6.06. The van der Waals surface area contributed by atoms with Gasteiger partial charge in [0.1, 0.15) is 0 Å². The lowest BCUT2D eigenvalue weighted by Gasteiger charge is -2.24. The topological polar surface area (TPSA) is 24.4 Å². The molecule has 0 spiro atoms. The quantitative estimate of drug-likeness (QED) is 0.892. The van der Waals surface area contributed by atoms with Gasteiger partial charge in [0.15, 0.2) is 5.17 Å². The van der Waals surface area contributed by atoms with Crippen LogP contribution >= 0.6 is 23.1 Å². The molecule has 0 aromatic carbocycles. The number of hydrogen-bond donors (Lipinski definition) is 1. The third-order valence-electron chi connectivity index (χ3n) is 2.72. The zero-order valence-electron chi connectivity index (χ0n) is 9.61. The molecule has 1 aliphatic rings. The Labute approximate surface area is 106 Å². The summed E-state index contributed by atoms with van der Waals surface area (Å²) in [5.74, 6) is 1.21. The standard InChI is InChI=1S/C12H18N2S2/c1-2-10-6-9-16-12(14-10)13-7-5-11-4-3-8-15-11/h3-4,8,10H,2,5-7,9H2,1H3,(H,13,14). The molecular weight excluding hydrogens is 236 g/mol. The molecule has 2 rings (SSSR count). The Morgan fingerprint density at radius 3 is 3.25 bits per heavy atom. The van der Waals surface area contributed by atoms with E-state index in [1.54, 1.807) is 0 Å². The molecule has 2 nitrogen and oxygen atoms in total. The second-order valence-electron chi connectivity index (χ2n) is 3.90. The van der Waals surface area contributed by atoms with Gasteiger partial charge in [-0.25, -0.2) is 0 Å². The highest BCUT2D eigenvalue weighted by Crippen LogP contribution is 2.16. The predicted molar refractivity (Wildman–Crippen MR) is 74.6 cm³/mol. The summed E-state index contributed by atoms with van der Waals surface area (Å²) in [6, 6.07) is 4.93.